The largest absolute Gasteiger partial charge is 0.459 e. The van der Waals surface area contributed by atoms with Gasteiger partial charge in [0.05, 0.1) is 0 Å². The summed E-state index contributed by atoms with van der Waals surface area (Å²) < 4.78 is 4.96. The second-order valence-corrected chi connectivity index (χ2v) is 2.12. The second-order valence-electron chi connectivity index (χ2n) is 2.12. The van der Waals surface area contributed by atoms with E-state index in [0.29, 0.717) is 12.4 Å². The van der Waals surface area contributed by atoms with Gasteiger partial charge in [-0.25, -0.2) is 4.79 Å². The summed E-state index contributed by atoms with van der Waals surface area (Å²) in [7, 11) is 0. The van der Waals surface area contributed by atoms with Gasteiger partial charge in [-0.1, -0.05) is 12.7 Å². The van der Waals surface area contributed by atoms with Crippen molar-refractivity contribution in [3.05, 3.63) is 29.0 Å². The molecule has 0 aromatic carbocycles. The first-order valence-corrected chi connectivity index (χ1v) is 3.41. The van der Waals surface area contributed by atoms with Crippen LogP contribution in [0.1, 0.15) is 5.82 Å². The van der Waals surface area contributed by atoms with Gasteiger partial charge in [-0.15, -0.1) is 4.98 Å². The highest BCUT2D eigenvalue weighted by Gasteiger charge is 1.98. The molecule has 5 nitrogen and oxygen atoms in total. The third-order valence-electron chi connectivity index (χ3n) is 1.08. The lowest BCUT2D eigenvalue weighted by atomic mass is 10.7. The van der Waals surface area contributed by atoms with Crippen LogP contribution < -0.4 is 10.4 Å². The van der Waals surface area contributed by atoms with Gasteiger partial charge < -0.3 is 4.74 Å². The van der Waals surface area contributed by atoms with E-state index in [1.807, 2.05) is 0 Å². The van der Waals surface area contributed by atoms with E-state index in [4.69, 9.17) is 4.74 Å². The minimum absolute atomic E-state index is 0.0798. The highest BCUT2D eigenvalue weighted by molar-refractivity contribution is 4.94. The van der Waals surface area contributed by atoms with Crippen LogP contribution in [0.3, 0.4) is 0 Å². The molecule has 5 heteroatoms. The zero-order chi connectivity index (χ0) is 8.97. The Balaban J connectivity index is 2.85. The molecule has 0 bridgehead atoms. The Labute approximate surface area is 69.1 Å². The number of H-pyrrole nitrogens is 1. The van der Waals surface area contributed by atoms with E-state index >= 15 is 0 Å². The molecule has 0 aliphatic carbocycles. The van der Waals surface area contributed by atoms with Crippen LogP contribution in [-0.4, -0.2) is 21.6 Å². The Morgan fingerprint density at radius 3 is 3.00 bits per heavy atom. The number of nitrogens with one attached hydrogen (secondary N) is 1. The Morgan fingerprint density at radius 1 is 1.67 bits per heavy atom. The molecule has 0 atom stereocenters. The van der Waals surface area contributed by atoms with Crippen molar-refractivity contribution >= 4 is 0 Å². The maximum absolute atomic E-state index is 10.8. The summed E-state index contributed by atoms with van der Waals surface area (Å²) in [5.74, 6) is 0.481. The van der Waals surface area contributed by atoms with Crippen molar-refractivity contribution in [3.8, 4) is 6.01 Å². The van der Waals surface area contributed by atoms with Crippen LogP contribution in [0.4, 0.5) is 0 Å². The summed E-state index contributed by atoms with van der Waals surface area (Å²) in [5, 5.41) is 0. The zero-order valence-corrected chi connectivity index (χ0v) is 6.70. The van der Waals surface area contributed by atoms with Crippen molar-refractivity contribution in [2.24, 2.45) is 0 Å². The van der Waals surface area contributed by atoms with Crippen molar-refractivity contribution in [2.75, 3.05) is 6.61 Å². The lowest BCUT2D eigenvalue weighted by Gasteiger charge is -1.99. The minimum Gasteiger partial charge on any atom is -0.459 e. The van der Waals surface area contributed by atoms with Crippen molar-refractivity contribution in [1.82, 2.24) is 15.0 Å². The maximum atomic E-state index is 10.8. The Morgan fingerprint density at radius 2 is 2.42 bits per heavy atom. The van der Waals surface area contributed by atoms with Crippen LogP contribution in [0.5, 0.6) is 6.01 Å². The summed E-state index contributed by atoms with van der Waals surface area (Å²) in [6.07, 6.45) is 1.56. The molecule has 0 radical (unpaired) electrons. The highest BCUT2D eigenvalue weighted by Crippen LogP contribution is 1.95. The zero-order valence-electron chi connectivity index (χ0n) is 6.70. The molecule has 64 valence electrons. The van der Waals surface area contributed by atoms with Crippen LogP contribution >= 0.6 is 0 Å². The predicted molar refractivity (Wildman–Crippen MR) is 43.1 cm³/mol. The average molecular weight is 167 g/mol. The standard InChI is InChI=1S/C7H9N3O2/c1-3-4-12-7-9-5(2)8-6(11)10-7/h3H,1,4H2,2H3,(H,8,9,10,11). The van der Waals surface area contributed by atoms with Crippen molar-refractivity contribution in [3.63, 3.8) is 0 Å². The fourth-order valence-electron chi connectivity index (χ4n) is 0.664. The number of ether oxygens (including phenoxy) is 1. The molecule has 12 heavy (non-hydrogen) atoms. The van der Waals surface area contributed by atoms with E-state index < -0.39 is 5.69 Å². The number of hydrogen-bond acceptors (Lipinski definition) is 4. The molecule has 1 aromatic heterocycles. The number of rotatable bonds is 3. The van der Waals surface area contributed by atoms with E-state index in [1.165, 1.54) is 0 Å². The Kier molecular flexibility index (Phi) is 2.57. The summed E-state index contributed by atoms with van der Waals surface area (Å²) in [6, 6.07) is 0.0798. The second kappa shape index (κ2) is 3.66. The van der Waals surface area contributed by atoms with Gasteiger partial charge in [0, 0.05) is 0 Å². The van der Waals surface area contributed by atoms with Gasteiger partial charge in [0.2, 0.25) is 0 Å². The van der Waals surface area contributed by atoms with Crippen molar-refractivity contribution < 1.29 is 4.74 Å². The third kappa shape index (κ3) is 2.19. The van der Waals surface area contributed by atoms with E-state index in [0.717, 1.165) is 0 Å². The van der Waals surface area contributed by atoms with Gasteiger partial charge in [0.25, 0.3) is 0 Å². The number of hydrogen-bond donors (Lipinski definition) is 1. The minimum atomic E-state index is -0.457. The molecule has 1 heterocycles. The molecule has 0 fully saturated rings. The van der Waals surface area contributed by atoms with Gasteiger partial charge in [-0.05, 0) is 6.92 Å². The first kappa shape index (κ1) is 8.45. The smallest absolute Gasteiger partial charge is 0.350 e. The van der Waals surface area contributed by atoms with Crippen LogP contribution in [0.25, 0.3) is 0 Å². The molecule has 0 amide bonds. The first-order chi connectivity index (χ1) is 5.72. The quantitative estimate of drug-likeness (QED) is 0.645. The van der Waals surface area contributed by atoms with Crippen LogP contribution in [0.15, 0.2) is 17.4 Å². The van der Waals surface area contributed by atoms with Crippen LogP contribution in [-0.2, 0) is 0 Å². The SMILES string of the molecule is C=CCOc1nc(C)[nH]c(=O)n1. The molecular weight excluding hydrogens is 158 g/mol. The fourth-order valence-corrected chi connectivity index (χ4v) is 0.664. The average Bonchev–Trinajstić information content (AvgIpc) is 1.99. The molecule has 0 saturated heterocycles. The van der Waals surface area contributed by atoms with Crippen molar-refractivity contribution in [2.45, 2.75) is 6.92 Å². The molecule has 0 aliphatic rings. The summed E-state index contributed by atoms with van der Waals surface area (Å²) >= 11 is 0. The number of nitrogens with zero attached hydrogens (tertiary/aromatic N) is 2. The van der Waals surface area contributed by atoms with Crippen molar-refractivity contribution in [1.29, 1.82) is 0 Å². The van der Waals surface area contributed by atoms with Crippen LogP contribution in [0, 0.1) is 6.92 Å². The van der Waals surface area contributed by atoms with E-state index in [9.17, 15) is 4.79 Å². The molecule has 0 saturated carbocycles. The first-order valence-electron chi connectivity index (χ1n) is 3.41. The number of aromatic nitrogens is 3. The topological polar surface area (TPSA) is 67.9 Å². The lowest BCUT2D eigenvalue weighted by Crippen LogP contribution is -2.15. The molecule has 1 rings (SSSR count). The molecule has 0 unspecified atom stereocenters. The maximum Gasteiger partial charge on any atom is 0.350 e. The third-order valence-corrected chi connectivity index (χ3v) is 1.08. The van der Waals surface area contributed by atoms with Gasteiger partial charge in [0.1, 0.15) is 12.4 Å². The van der Waals surface area contributed by atoms with Gasteiger partial charge in [-0.2, -0.15) is 4.98 Å². The number of aryl methyl sites for hydroxylation is 1. The summed E-state index contributed by atoms with van der Waals surface area (Å²) in [6.45, 7) is 5.41. The molecule has 0 spiro atoms. The fraction of sp³-hybridized carbons (Fsp3) is 0.286. The summed E-state index contributed by atoms with van der Waals surface area (Å²) in [4.78, 5) is 20.5. The van der Waals surface area contributed by atoms with Crippen LogP contribution in [0.2, 0.25) is 0 Å². The molecule has 0 aliphatic heterocycles. The van der Waals surface area contributed by atoms with Gasteiger partial charge in [-0.3, -0.25) is 4.98 Å². The van der Waals surface area contributed by atoms with E-state index in [1.54, 1.807) is 13.0 Å². The highest BCUT2D eigenvalue weighted by atomic mass is 16.5. The Hall–Kier alpha value is -1.65. The lowest BCUT2D eigenvalue weighted by molar-refractivity contribution is 0.329. The normalized spacial score (nSPS) is 9.42. The van der Waals surface area contributed by atoms with E-state index in [-0.39, 0.29) is 6.01 Å². The predicted octanol–water partition coefficient (Wildman–Crippen LogP) is 0.0381. The Bertz CT molecular complexity index is 332. The monoisotopic (exact) mass is 167 g/mol. The molecule has 1 aromatic rings. The number of aromatic amines is 1. The molecule has 1 N–H and O–H groups in total. The molecular formula is C7H9N3O2. The van der Waals surface area contributed by atoms with Gasteiger partial charge >= 0.3 is 11.7 Å². The van der Waals surface area contributed by atoms with Gasteiger partial charge in [0.15, 0.2) is 0 Å². The van der Waals surface area contributed by atoms with E-state index in [2.05, 4.69) is 21.5 Å². The summed E-state index contributed by atoms with van der Waals surface area (Å²) in [5.41, 5.74) is -0.457.